The van der Waals surface area contributed by atoms with E-state index in [9.17, 15) is 4.79 Å². The van der Waals surface area contributed by atoms with Gasteiger partial charge in [-0.2, -0.15) is 0 Å². The molecular weight excluding hydrogens is 392 g/mol. The topological polar surface area (TPSA) is 48.0 Å². The summed E-state index contributed by atoms with van der Waals surface area (Å²) in [5, 5.41) is 2.16. The van der Waals surface area contributed by atoms with Crippen molar-refractivity contribution >= 4 is 27.8 Å². The van der Waals surface area contributed by atoms with Gasteiger partial charge in [0.2, 0.25) is 0 Å². The zero-order chi connectivity index (χ0) is 24.3. The highest BCUT2D eigenvalue weighted by molar-refractivity contribution is 6.13. The first-order chi connectivity index (χ1) is 14.4. The number of amides is 1. The molecule has 1 aromatic heterocycles. The largest absolute Gasteiger partial charge is 0.351 e. The second kappa shape index (κ2) is 7.64. The molecule has 1 heterocycles. The van der Waals surface area contributed by atoms with Crippen LogP contribution in [0.3, 0.4) is 0 Å². The molecule has 0 fully saturated rings. The van der Waals surface area contributed by atoms with Crippen LogP contribution in [0.1, 0.15) is 93.2 Å². The van der Waals surface area contributed by atoms with Crippen molar-refractivity contribution in [3.63, 3.8) is 0 Å². The molecule has 0 saturated carbocycles. The minimum Gasteiger partial charge on any atom is -0.351 e. The fourth-order valence-corrected chi connectivity index (χ4v) is 5.95. The molecule has 2 N–H and O–H groups in total. The smallest absolute Gasteiger partial charge is 0.323 e. The second-order valence-electron chi connectivity index (χ2n) is 13.4. The highest BCUT2D eigenvalue weighted by Gasteiger charge is 2.30. The van der Waals surface area contributed by atoms with E-state index in [0.29, 0.717) is 0 Å². The minimum atomic E-state index is -0.429. The second-order valence-corrected chi connectivity index (χ2v) is 13.4. The Morgan fingerprint density at radius 3 is 1.31 bits per heavy atom. The lowest BCUT2D eigenvalue weighted by atomic mass is 9.72. The Hall–Kier alpha value is -2.29. The summed E-state index contributed by atoms with van der Waals surface area (Å²) in [7, 11) is 0. The van der Waals surface area contributed by atoms with Crippen molar-refractivity contribution in [3.8, 4) is 0 Å². The van der Waals surface area contributed by atoms with Crippen LogP contribution in [-0.2, 0) is 10.8 Å². The van der Waals surface area contributed by atoms with Crippen LogP contribution in [0.25, 0.3) is 21.8 Å². The van der Waals surface area contributed by atoms with Crippen LogP contribution in [0.5, 0.6) is 0 Å². The average Bonchev–Trinajstić information content (AvgIpc) is 2.90. The first-order valence-corrected chi connectivity index (χ1v) is 11.8. The molecule has 3 heteroatoms. The number of rotatable bonds is 4. The zero-order valence-corrected chi connectivity index (χ0v) is 21.8. The lowest BCUT2D eigenvalue weighted by Gasteiger charge is -2.33. The van der Waals surface area contributed by atoms with E-state index in [2.05, 4.69) is 106 Å². The van der Waals surface area contributed by atoms with Crippen LogP contribution in [0, 0.1) is 10.8 Å². The van der Waals surface area contributed by atoms with Crippen molar-refractivity contribution < 1.29 is 4.79 Å². The van der Waals surface area contributed by atoms with Gasteiger partial charge in [0.05, 0.1) is 11.0 Å². The number of nitrogens with two attached hydrogens (primary N) is 1. The number of benzene rings is 2. The Balaban J connectivity index is 2.24. The Morgan fingerprint density at radius 1 is 0.688 bits per heavy atom. The molecular formula is C29H42N2O. The SMILES string of the molecule is CC(C)(C)CC(C)(C)c1ccc2c3ccc(C(C)(C)CC(C)(C)C)cc3n(C(N)=O)c2c1. The maximum absolute atomic E-state index is 12.7. The van der Waals surface area contributed by atoms with E-state index in [1.165, 1.54) is 11.1 Å². The number of carbonyl (C=O) groups is 1. The molecule has 0 radical (unpaired) electrons. The van der Waals surface area contributed by atoms with Gasteiger partial charge in [-0.25, -0.2) is 4.79 Å². The monoisotopic (exact) mass is 434 g/mol. The first-order valence-electron chi connectivity index (χ1n) is 11.8. The summed E-state index contributed by atoms with van der Waals surface area (Å²) >= 11 is 0. The molecule has 3 rings (SSSR count). The van der Waals surface area contributed by atoms with Gasteiger partial charge in [0.25, 0.3) is 0 Å². The fraction of sp³-hybridized carbons (Fsp3) is 0.552. The van der Waals surface area contributed by atoms with Crippen molar-refractivity contribution in [2.75, 3.05) is 0 Å². The minimum absolute atomic E-state index is 0.00870. The molecule has 3 aromatic rings. The molecule has 0 aliphatic rings. The summed E-state index contributed by atoms with van der Waals surface area (Å²) in [6, 6.07) is 12.7. The van der Waals surface area contributed by atoms with Gasteiger partial charge in [0.1, 0.15) is 0 Å². The van der Waals surface area contributed by atoms with Gasteiger partial charge < -0.3 is 5.73 Å². The summed E-state index contributed by atoms with van der Waals surface area (Å²) < 4.78 is 1.71. The van der Waals surface area contributed by atoms with Crippen LogP contribution in [0.4, 0.5) is 4.79 Å². The lowest BCUT2D eigenvalue weighted by molar-refractivity contribution is 0.251. The fourth-order valence-electron chi connectivity index (χ4n) is 5.95. The number of nitrogens with zero attached hydrogens (tertiary/aromatic N) is 1. The molecule has 174 valence electrons. The van der Waals surface area contributed by atoms with Gasteiger partial charge in [-0.15, -0.1) is 0 Å². The maximum Gasteiger partial charge on any atom is 0.323 e. The van der Waals surface area contributed by atoms with Crippen molar-refractivity contribution in [3.05, 3.63) is 47.5 Å². The van der Waals surface area contributed by atoms with E-state index in [-0.39, 0.29) is 21.7 Å². The summed E-state index contributed by atoms with van der Waals surface area (Å²) in [6.45, 7) is 22.8. The summed E-state index contributed by atoms with van der Waals surface area (Å²) in [4.78, 5) is 12.7. The van der Waals surface area contributed by atoms with Crippen molar-refractivity contribution in [2.24, 2.45) is 16.6 Å². The molecule has 0 spiro atoms. The van der Waals surface area contributed by atoms with Crippen LogP contribution >= 0.6 is 0 Å². The predicted molar refractivity (Wildman–Crippen MR) is 139 cm³/mol. The van der Waals surface area contributed by atoms with E-state index in [1.54, 1.807) is 4.57 Å². The van der Waals surface area contributed by atoms with Crippen LogP contribution in [0.15, 0.2) is 36.4 Å². The first kappa shape index (κ1) is 24.4. The number of fused-ring (bicyclic) bond motifs is 3. The number of aromatic nitrogens is 1. The molecule has 2 aromatic carbocycles. The third-order valence-electron chi connectivity index (χ3n) is 6.50. The number of hydrogen-bond acceptors (Lipinski definition) is 1. The molecule has 3 nitrogen and oxygen atoms in total. The molecule has 0 unspecified atom stereocenters. The molecule has 0 bridgehead atoms. The molecule has 0 saturated heterocycles. The number of hydrogen-bond donors (Lipinski definition) is 1. The predicted octanol–water partition coefficient (Wildman–Crippen LogP) is 8.15. The Labute approximate surface area is 194 Å². The highest BCUT2D eigenvalue weighted by Crippen LogP contribution is 2.41. The van der Waals surface area contributed by atoms with Crippen molar-refractivity contribution in [1.29, 1.82) is 0 Å². The third-order valence-corrected chi connectivity index (χ3v) is 6.50. The third kappa shape index (κ3) is 4.87. The number of primary amides is 1. The molecule has 32 heavy (non-hydrogen) atoms. The summed E-state index contributed by atoms with van der Waals surface area (Å²) in [5.41, 5.74) is 10.6. The average molecular weight is 435 g/mol. The van der Waals surface area contributed by atoms with Crippen LogP contribution in [0.2, 0.25) is 0 Å². The summed E-state index contributed by atoms with van der Waals surface area (Å²) in [6.07, 6.45) is 2.10. The van der Waals surface area contributed by atoms with Gasteiger partial charge in [0, 0.05) is 10.8 Å². The maximum atomic E-state index is 12.7. The normalized spacial score (nSPS) is 13.8. The van der Waals surface area contributed by atoms with Gasteiger partial charge >= 0.3 is 6.03 Å². The van der Waals surface area contributed by atoms with E-state index >= 15 is 0 Å². The van der Waals surface area contributed by atoms with Crippen LogP contribution < -0.4 is 5.73 Å². The van der Waals surface area contributed by atoms with Crippen molar-refractivity contribution in [2.45, 2.75) is 92.9 Å². The molecule has 0 aliphatic heterocycles. The number of carbonyl (C=O) groups excluding carboxylic acids is 1. The van der Waals surface area contributed by atoms with E-state index < -0.39 is 6.03 Å². The van der Waals surface area contributed by atoms with Gasteiger partial charge in [0.15, 0.2) is 0 Å². The quantitative estimate of drug-likeness (QED) is 0.442. The highest BCUT2D eigenvalue weighted by atomic mass is 16.2. The Morgan fingerprint density at radius 2 is 1.03 bits per heavy atom. The van der Waals surface area contributed by atoms with Gasteiger partial charge in [-0.3, -0.25) is 4.57 Å². The standard InChI is InChI=1S/C29H42N2O/c1-26(2,3)17-28(7,8)19-11-13-21-22-14-12-20(29(9,10)18-27(4,5)6)16-24(22)31(25(30)32)23(21)15-19/h11-16H,17-18H2,1-10H3,(H2,30,32). The van der Waals surface area contributed by atoms with E-state index in [1.807, 2.05) is 0 Å². The Kier molecular flexibility index (Phi) is 5.82. The summed E-state index contributed by atoms with van der Waals surface area (Å²) in [5.74, 6) is 0. The van der Waals surface area contributed by atoms with Gasteiger partial charge in [-0.05, 0) is 57.8 Å². The van der Waals surface area contributed by atoms with Crippen LogP contribution in [-0.4, -0.2) is 10.6 Å². The van der Waals surface area contributed by atoms with E-state index in [0.717, 1.165) is 34.6 Å². The molecule has 1 amide bonds. The van der Waals surface area contributed by atoms with Crippen molar-refractivity contribution in [1.82, 2.24) is 4.57 Å². The molecule has 0 atom stereocenters. The Bertz CT molecular complexity index is 1080. The lowest BCUT2D eigenvalue weighted by Crippen LogP contribution is -2.25. The zero-order valence-electron chi connectivity index (χ0n) is 21.8. The molecule has 0 aliphatic carbocycles. The van der Waals surface area contributed by atoms with Gasteiger partial charge in [-0.1, -0.05) is 93.5 Å². The van der Waals surface area contributed by atoms with E-state index in [4.69, 9.17) is 5.73 Å².